The summed E-state index contributed by atoms with van der Waals surface area (Å²) in [6.07, 6.45) is 1.38. The van der Waals surface area contributed by atoms with Crippen LogP contribution in [0.1, 0.15) is 15.9 Å². The first kappa shape index (κ1) is 16.1. The molecular formula is C14H8Cl4N2O. The van der Waals surface area contributed by atoms with Gasteiger partial charge in [0, 0.05) is 11.1 Å². The second-order valence-corrected chi connectivity index (χ2v) is 5.59. The van der Waals surface area contributed by atoms with Crippen molar-refractivity contribution >= 4 is 58.5 Å². The molecular weight excluding hydrogens is 354 g/mol. The van der Waals surface area contributed by atoms with E-state index in [1.807, 2.05) is 0 Å². The molecule has 0 aliphatic carbocycles. The molecule has 0 saturated heterocycles. The summed E-state index contributed by atoms with van der Waals surface area (Å²) in [6, 6.07) is 9.60. The number of hydrazone groups is 1. The van der Waals surface area contributed by atoms with E-state index >= 15 is 0 Å². The number of halogens is 4. The lowest BCUT2D eigenvalue weighted by Gasteiger charge is -2.03. The summed E-state index contributed by atoms with van der Waals surface area (Å²) in [5.74, 6) is -0.423. The van der Waals surface area contributed by atoms with Crippen molar-refractivity contribution < 1.29 is 4.79 Å². The van der Waals surface area contributed by atoms with Gasteiger partial charge in [0.2, 0.25) is 0 Å². The van der Waals surface area contributed by atoms with Crippen molar-refractivity contribution in [3.63, 3.8) is 0 Å². The molecule has 0 heterocycles. The lowest BCUT2D eigenvalue weighted by molar-refractivity contribution is 0.0955. The van der Waals surface area contributed by atoms with Gasteiger partial charge in [-0.15, -0.1) is 0 Å². The molecule has 0 unspecified atom stereocenters. The van der Waals surface area contributed by atoms with Gasteiger partial charge in [-0.3, -0.25) is 4.79 Å². The molecule has 2 aromatic carbocycles. The molecule has 0 fully saturated rings. The monoisotopic (exact) mass is 360 g/mol. The summed E-state index contributed by atoms with van der Waals surface area (Å²) >= 11 is 23.6. The van der Waals surface area contributed by atoms with Crippen LogP contribution in [0.2, 0.25) is 20.1 Å². The molecule has 7 heteroatoms. The molecule has 21 heavy (non-hydrogen) atoms. The topological polar surface area (TPSA) is 41.5 Å². The maximum absolute atomic E-state index is 11.9. The first-order valence-electron chi connectivity index (χ1n) is 5.71. The highest BCUT2D eigenvalue weighted by atomic mass is 35.5. The molecule has 2 rings (SSSR count). The Labute approximate surface area is 141 Å². The summed E-state index contributed by atoms with van der Waals surface area (Å²) in [5.41, 5.74) is 3.22. The first-order valence-corrected chi connectivity index (χ1v) is 7.22. The highest BCUT2D eigenvalue weighted by molar-refractivity contribution is 6.42. The van der Waals surface area contributed by atoms with E-state index in [9.17, 15) is 4.79 Å². The Morgan fingerprint density at radius 2 is 1.62 bits per heavy atom. The quantitative estimate of drug-likeness (QED) is 0.602. The number of nitrogens with zero attached hydrogens (tertiary/aromatic N) is 1. The number of benzene rings is 2. The van der Waals surface area contributed by atoms with Crippen molar-refractivity contribution in [3.05, 3.63) is 67.6 Å². The van der Waals surface area contributed by atoms with Crippen molar-refractivity contribution in [2.24, 2.45) is 5.10 Å². The van der Waals surface area contributed by atoms with E-state index in [1.165, 1.54) is 18.3 Å². The average Bonchev–Trinajstić information content (AvgIpc) is 2.45. The van der Waals surface area contributed by atoms with Crippen LogP contribution in [-0.4, -0.2) is 12.1 Å². The van der Waals surface area contributed by atoms with Gasteiger partial charge in [-0.25, -0.2) is 5.43 Å². The highest BCUT2D eigenvalue weighted by Gasteiger charge is 2.07. The Bertz CT molecular complexity index is 696. The van der Waals surface area contributed by atoms with Crippen molar-refractivity contribution in [3.8, 4) is 0 Å². The third-order valence-electron chi connectivity index (χ3n) is 2.54. The fourth-order valence-corrected chi connectivity index (χ4v) is 2.28. The Hall–Kier alpha value is -1.26. The number of carbonyl (C=O) groups excluding carboxylic acids is 1. The molecule has 0 aliphatic heterocycles. The number of carbonyl (C=O) groups is 1. The SMILES string of the molecule is O=C(N/N=C\c1c(Cl)cccc1Cl)c1ccc(Cl)c(Cl)c1. The lowest BCUT2D eigenvalue weighted by atomic mass is 10.2. The number of rotatable bonds is 3. The maximum atomic E-state index is 11.9. The molecule has 1 amide bonds. The van der Waals surface area contributed by atoms with Crippen molar-refractivity contribution in [2.45, 2.75) is 0 Å². The number of nitrogens with one attached hydrogen (secondary N) is 1. The van der Waals surface area contributed by atoms with Gasteiger partial charge in [0.05, 0.1) is 26.3 Å². The lowest BCUT2D eigenvalue weighted by Crippen LogP contribution is -2.17. The third-order valence-corrected chi connectivity index (χ3v) is 3.94. The molecule has 0 bridgehead atoms. The predicted molar refractivity (Wildman–Crippen MR) is 88.0 cm³/mol. The van der Waals surface area contributed by atoms with Crippen LogP contribution in [0.25, 0.3) is 0 Å². The van der Waals surface area contributed by atoms with E-state index < -0.39 is 5.91 Å². The van der Waals surface area contributed by atoms with Crippen LogP contribution in [0, 0.1) is 0 Å². The minimum absolute atomic E-state index is 0.294. The van der Waals surface area contributed by atoms with Gasteiger partial charge in [0.15, 0.2) is 0 Å². The summed E-state index contributed by atoms with van der Waals surface area (Å²) in [5, 5.41) is 5.37. The molecule has 0 aromatic heterocycles. The van der Waals surface area contributed by atoms with E-state index in [0.717, 1.165) is 0 Å². The number of amides is 1. The van der Waals surface area contributed by atoms with Gasteiger partial charge < -0.3 is 0 Å². The van der Waals surface area contributed by atoms with E-state index in [-0.39, 0.29) is 0 Å². The smallest absolute Gasteiger partial charge is 0.267 e. The Balaban J connectivity index is 2.10. The van der Waals surface area contributed by atoms with E-state index in [1.54, 1.807) is 24.3 Å². The molecule has 2 aromatic rings. The summed E-state index contributed by atoms with van der Waals surface area (Å²) < 4.78 is 0. The van der Waals surface area contributed by atoms with E-state index in [2.05, 4.69) is 10.5 Å². The molecule has 1 N–H and O–H groups in total. The third kappa shape index (κ3) is 4.11. The molecule has 0 saturated carbocycles. The number of hydrogen-bond acceptors (Lipinski definition) is 2. The van der Waals surface area contributed by atoms with Crippen LogP contribution in [-0.2, 0) is 0 Å². The van der Waals surface area contributed by atoms with Crippen LogP contribution in [0.5, 0.6) is 0 Å². The Kier molecular flexibility index (Phi) is 5.48. The molecule has 0 atom stereocenters. The Morgan fingerprint density at radius 1 is 0.952 bits per heavy atom. The van der Waals surface area contributed by atoms with Crippen molar-refractivity contribution in [2.75, 3.05) is 0 Å². The molecule has 0 aliphatic rings. The van der Waals surface area contributed by atoms with Gasteiger partial charge in [-0.1, -0.05) is 52.5 Å². The second kappa shape index (κ2) is 7.14. The normalized spacial score (nSPS) is 10.9. The van der Waals surface area contributed by atoms with E-state index in [4.69, 9.17) is 46.4 Å². The van der Waals surface area contributed by atoms with Crippen LogP contribution in [0.3, 0.4) is 0 Å². The fourth-order valence-electron chi connectivity index (χ4n) is 1.49. The maximum Gasteiger partial charge on any atom is 0.271 e. The second-order valence-electron chi connectivity index (χ2n) is 3.96. The summed E-state index contributed by atoms with van der Waals surface area (Å²) in [7, 11) is 0. The standard InChI is InChI=1S/C14H8Cl4N2O/c15-10-2-1-3-11(16)9(10)7-19-20-14(21)8-4-5-12(17)13(18)6-8/h1-7H,(H,20,21)/b19-7-. The minimum atomic E-state index is -0.423. The molecule has 3 nitrogen and oxygen atoms in total. The zero-order chi connectivity index (χ0) is 15.4. The van der Waals surface area contributed by atoms with E-state index in [0.29, 0.717) is 31.2 Å². The molecule has 108 valence electrons. The van der Waals surface area contributed by atoms with Gasteiger partial charge >= 0.3 is 0 Å². The summed E-state index contributed by atoms with van der Waals surface area (Å²) in [6.45, 7) is 0. The molecule has 0 spiro atoms. The highest BCUT2D eigenvalue weighted by Crippen LogP contribution is 2.23. The average molecular weight is 362 g/mol. The predicted octanol–water partition coefficient (Wildman–Crippen LogP) is 5.06. The summed E-state index contributed by atoms with van der Waals surface area (Å²) in [4.78, 5) is 11.9. The van der Waals surface area contributed by atoms with Gasteiger partial charge in [-0.05, 0) is 30.3 Å². The minimum Gasteiger partial charge on any atom is -0.267 e. The zero-order valence-electron chi connectivity index (χ0n) is 10.4. The zero-order valence-corrected chi connectivity index (χ0v) is 13.4. The van der Waals surface area contributed by atoms with Crippen LogP contribution < -0.4 is 5.43 Å². The van der Waals surface area contributed by atoms with Crippen molar-refractivity contribution in [1.82, 2.24) is 5.43 Å². The van der Waals surface area contributed by atoms with Crippen LogP contribution in [0.4, 0.5) is 0 Å². The van der Waals surface area contributed by atoms with Crippen LogP contribution in [0.15, 0.2) is 41.5 Å². The van der Waals surface area contributed by atoms with Crippen molar-refractivity contribution in [1.29, 1.82) is 0 Å². The fraction of sp³-hybridized carbons (Fsp3) is 0. The largest absolute Gasteiger partial charge is 0.271 e. The Morgan fingerprint density at radius 3 is 2.24 bits per heavy atom. The number of hydrogen-bond donors (Lipinski definition) is 1. The molecule has 0 radical (unpaired) electrons. The van der Waals surface area contributed by atoms with Crippen LogP contribution >= 0.6 is 46.4 Å². The van der Waals surface area contributed by atoms with Gasteiger partial charge in [-0.2, -0.15) is 5.10 Å². The van der Waals surface area contributed by atoms with Gasteiger partial charge in [0.25, 0.3) is 5.91 Å². The first-order chi connectivity index (χ1) is 9.99. The van der Waals surface area contributed by atoms with Gasteiger partial charge in [0.1, 0.15) is 0 Å².